The smallest absolute Gasteiger partial charge is 0.336 e. The van der Waals surface area contributed by atoms with E-state index in [2.05, 4.69) is 10.6 Å². The van der Waals surface area contributed by atoms with Crippen molar-refractivity contribution in [2.24, 2.45) is 0 Å². The van der Waals surface area contributed by atoms with E-state index >= 15 is 0 Å². The van der Waals surface area contributed by atoms with Crippen molar-refractivity contribution in [3.8, 4) is 6.07 Å². The number of nitrogens with zero attached hydrogens (tertiary/aromatic N) is 1. The molecule has 1 rings (SSSR count). The molecule has 0 saturated heterocycles. The number of rotatable bonds is 7. The molecule has 1 aromatic carbocycles. The first-order valence-corrected chi connectivity index (χ1v) is 8.58. The van der Waals surface area contributed by atoms with E-state index in [4.69, 9.17) is 10.4 Å². The van der Waals surface area contributed by atoms with Crippen LogP contribution in [0.1, 0.15) is 20.7 Å². The average Bonchev–Trinajstić information content (AvgIpc) is 2.51. The predicted molar refractivity (Wildman–Crippen MR) is 83.0 cm³/mol. The molecular formula is C14H15N3O6S. The summed E-state index contributed by atoms with van der Waals surface area (Å²) >= 11 is 0. The lowest BCUT2D eigenvalue weighted by molar-refractivity contribution is -0.120. The van der Waals surface area contributed by atoms with Crippen molar-refractivity contribution in [2.45, 2.75) is 5.25 Å². The molecule has 0 saturated carbocycles. The number of aromatic carboxylic acids is 1. The Morgan fingerprint density at radius 2 is 1.79 bits per heavy atom. The Kier molecular flexibility index (Phi) is 6.43. The van der Waals surface area contributed by atoms with E-state index in [1.54, 1.807) is 6.07 Å². The summed E-state index contributed by atoms with van der Waals surface area (Å²) in [5, 5.41) is 20.2. The Morgan fingerprint density at radius 1 is 1.21 bits per heavy atom. The minimum Gasteiger partial charge on any atom is -0.478 e. The highest BCUT2D eigenvalue weighted by molar-refractivity contribution is 7.92. The number of benzene rings is 1. The summed E-state index contributed by atoms with van der Waals surface area (Å²) in [5.41, 5.74) is -0.408. The highest BCUT2D eigenvalue weighted by Crippen LogP contribution is 2.09. The van der Waals surface area contributed by atoms with Crippen LogP contribution in [0.2, 0.25) is 0 Å². The zero-order chi connectivity index (χ0) is 18.3. The maximum absolute atomic E-state index is 12.1. The predicted octanol–water partition coefficient (Wildman–Crippen LogP) is -0.832. The van der Waals surface area contributed by atoms with E-state index in [1.807, 2.05) is 0 Å². The Morgan fingerprint density at radius 3 is 2.29 bits per heavy atom. The second-order valence-electron chi connectivity index (χ2n) is 4.75. The highest BCUT2D eigenvalue weighted by atomic mass is 32.2. The maximum Gasteiger partial charge on any atom is 0.336 e. The Bertz CT molecular complexity index is 797. The van der Waals surface area contributed by atoms with Crippen LogP contribution in [0.5, 0.6) is 0 Å². The van der Waals surface area contributed by atoms with Crippen molar-refractivity contribution in [3.05, 3.63) is 35.4 Å². The zero-order valence-electron chi connectivity index (χ0n) is 12.6. The molecule has 0 aromatic heterocycles. The van der Waals surface area contributed by atoms with Crippen LogP contribution in [0.25, 0.3) is 0 Å². The second kappa shape index (κ2) is 8.07. The Labute approximate surface area is 138 Å². The zero-order valence-corrected chi connectivity index (χ0v) is 13.5. The number of carbonyl (C=O) groups excluding carboxylic acids is 2. The molecule has 0 aliphatic rings. The van der Waals surface area contributed by atoms with Crippen LogP contribution >= 0.6 is 0 Å². The van der Waals surface area contributed by atoms with E-state index in [0.717, 1.165) is 6.26 Å². The van der Waals surface area contributed by atoms with Gasteiger partial charge < -0.3 is 15.7 Å². The quantitative estimate of drug-likeness (QED) is 0.540. The molecule has 0 bridgehead atoms. The molecule has 1 atom stereocenters. The summed E-state index contributed by atoms with van der Waals surface area (Å²) in [4.78, 5) is 35.0. The van der Waals surface area contributed by atoms with Gasteiger partial charge in [-0.05, 0) is 12.1 Å². The van der Waals surface area contributed by atoms with Crippen LogP contribution in [0.4, 0.5) is 0 Å². The van der Waals surface area contributed by atoms with Gasteiger partial charge in [0.1, 0.15) is 6.54 Å². The third-order valence-corrected chi connectivity index (χ3v) is 4.42. The SMILES string of the molecule is CS(=O)(=O)C(CNC(=O)c1ccccc1C(=O)O)C(=O)NCC#N. The van der Waals surface area contributed by atoms with Gasteiger partial charge in [0.2, 0.25) is 5.91 Å². The molecule has 1 unspecified atom stereocenters. The van der Waals surface area contributed by atoms with Gasteiger partial charge in [-0.3, -0.25) is 9.59 Å². The van der Waals surface area contributed by atoms with Gasteiger partial charge in [-0.15, -0.1) is 0 Å². The molecule has 0 aliphatic heterocycles. The number of hydrogen-bond donors (Lipinski definition) is 3. The number of nitriles is 1. The first-order chi connectivity index (χ1) is 11.2. The lowest BCUT2D eigenvalue weighted by atomic mass is 10.1. The minimum absolute atomic E-state index is 0.158. The van der Waals surface area contributed by atoms with Gasteiger partial charge in [-0.1, -0.05) is 12.1 Å². The van der Waals surface area contributed by atoms with Gasteiger partial charge in [0.25, 0.3) is 5.91 Å². The second-order valence-corrected chi connectivity index (χ2v) is 6.98. The summed E-state index contributed by atoms with van der Waals surface area (Å²) in [6.07, 6.45) is 0.820. The molecule has 24 heavy (non-hydrogen) atoms. The summed E-state index contributed by atoms with van der Waals surface area (Å²) in [7, 11) is -3.85. The standard InChI is InChI=1S/C14H15N3O6S/c1-24(22,23)11(13(19)16-7-6-15)8-17-12(18)9-4-2-3-5-10(9)14(20)21/h2-5,11H,7-8H2,1H3,(H,16,19)(H,17,18)(H,20,21). The largest absolute Gasteiger partial charge is 0.478 e. The summed E-state index contributed by atoms with van der Waals surface area (Å²) < 4.78 is 23.3. The van der Waals surface area contributed by atoms with E-state index in [9.17, 15) is 22.8 Å². The fourth-order valence-electron chi connectivity index (χ4n) is 1.83. The van der Waals surface area contributed by atoms with Gasteiger partial charge in [0.05, 0.1) is 17.2 Å². The minimum atomic E-state index is -3.85. The lowest BCUT2D eigenvalue weighted by Crippen LogP contribution is -2.47. The third kappa shape index (κ3) is 5.06. The summed E-state index contributed by atoms with van der Waals surface area (Å²) in [6.45, 7) is -0.927. The van der Waals surface area contributed by atoms with Crippen molar-refractivity contribution >= 4 is 27.6 Å². The monoisotopic (exact) mass is 353 g/mol. The molecule has 9 nitrogen and oxygen atoms in total. The van der Waals surface area contributed by atoms with Gasteiger partial charge >= 0.3 is 5.97 Å². The first-order valence-electron chi connectivity index (χ1n) is 6.62. The van der Waals surface area contributed by atoms with Crippen LogP contribution in [0, 0.1) is 11.3 Å². The summed E-state index contributed by atoms with van der Waals surface area (Å²) in [5.74, 6) is -3.06. The van der Waals surface area contributed by atoms with Crippen LogP contribution in [0.15, 0.2) is 24.3 Å². The molecule has 0 spiro atoms. The molecule has 0 fully saturated rings. The molecular weight excluding hydrogens is 338 g/mol. The number of sulfone groups is 1. The molecule has 0 heterocycles. The Hall–Kier alpha value is -2.93. The summed E-state index contributed by atoms with van der Waals surface area (Å²) in [6, 6.07) is 7.02. The lowest BCUT2D eigenvalue weighted by Gasteiger charge is -2.15. The Balaban J connectivity index is 2.92. The molecule has 0 aliphatic carbocycles. The van der Waals surface area contributed by atoms with Crippen molar-refractivity contribution in [1.29, 1.82) is 5.26 Å². The van der Waals surface area contributed by atoms with Crippen LogP contribution < -0.4 is 10.6 Å². The highest BCUT2D eigenvalue weighted by Gasteiger charge is 2.29. The molecule has 128 valence electrons. The first kappa shape index (κ1) is 19.1. The van der Waals surface area contributed by atoms with Crippen LogP contribution in [-0.4, -0.2) is 55.9 Å². The van der Waals surface area contributed by atoms with Crippen molar-refractivity contribution in [3.63, 3.8) is 0 Å². The third-order valence-electron chi connectivity index (χ3n) is 3.00. The van der Waals surface area contributed by atoms with Crippen LogP contribution in [-0.2, 0) is 14.6 Å². The fraction of sp³-hybridized carbons (Fsp3) is 0.286. The topological polar surface area (TPSA) is 153 Å². The van der Waals surface area contributed by atoms with Gasteiger partial charge in [-0.25, -0.2) is 13.2 Å². The van der Waals surface area contributed by atoms with Crippen molar-refractivity contribution in [2.75, 3.05) is 19.3 Å². The van der Waals surface area contributed by atoms with E-state index in [0.29, 0.717) is 0 Å². The van der Waals surface area contributed by atoms with Gasteiger partial charge in [-0.2, -0.15) is 5.26 Å². The molecule has 10 heteroatoms. The van der Waals surface area contributed by atoms with Gasteiger partial charge in [0.15, 0.2) is 15.1 Å². The number of carboxylic acid groups (broad SMARTS) is 1. The number of carbonyl (C=O) groups is 3. The number of amides is 2. The van der Waals surface area contributed by atoms with E-state index < -0.39 is 39.4 Å². The number of hydrogen-bond acceptors (Lipinski definition) is 6. The van der Waals surface area contributed by atoms with E-state index in [-0.39, 0.29) is 17.7 Å². The number of nitrogens with one attached hydrogen (secondary N) is 2. The molecule has 3 N–H and O–H groups in total. The molecule has 1 aromatic rings. The van der Waals surface area contributed by atoms with Crippen molar-refractivity contribution < 1.29 is 27.9 Å². The van der Waals surface area contributed by atoms with Crippen LogP contribution in [0.3, 0.4) is 0 Å². The normalized spacial score (nSPS) is 11.8. The number of carboxylic acids is 1. The van der Waals surface area contributed by atoms with Gasteiger partial charge in [0, 0.05) is 12.8 Å². The fourth-order valence-corrected chi connectivity index (χ4v) is 2.69. The van der Waals surface area contributed by atoms with E-state index in [1.165, 1.54) is 24.3 Å². The maximum atomic E-state index is 12.1. The average molecular weight is 353 g/mol. The molecule has 0 radical (unpaired) electrons. The van der Waals surface area contributed by atoms with Crippen molar-refractivity contribution in [1.82, 2.24) is 10.6 Å². The molecule has 2 amide bonds.